The summed E-state index contributed by atoms with van der Waals surface area (Å²) in [6.07, 6.45) is 8.56. The van der Waals surface area contributed by atoms with E-state index in [1.807, 2.05) is 18.2 Å². The largest absolute Gasteiger partial charge is 0.333 e. The number of allylic oxidation sites excluding steroid dienone is 2. The average molecular weight is 389 g/mol. The van der Waals surface area contributed by atoms with Gasteiger partial charge in [0, 0.05) is 31.5 Å². The van der Waals surface area contributed by atoms with Crippen molar-refractivity contribution in [3.05, 3.63) is 90.8 Å². The smallest absolute Gasteiger partial charge is 0.277 e. The molecular weight excluding hydrogens is 366 g/mol. The number of piperazine rings is 1. The average Bonchev–Trinajstić information content (AvgIpc) is 2.76. The summed E-state index contributed by atoms with van der Waals surface area (Å²) < 4.78 is 0. The van der Waals surface area contributed by atoms with E-state index in [1.165, 1.54) is 18.0 Å². The second-order valence-corrected chi connectivity index (χ2v) is 7.12. The van der Waals surface area contributed by atoms with Gasteiger partial charge in [-0.25, -0.2) is 15.4 Å². The SMILES string of the molecule is C=C/C=C(\C=C)C(c1ccccc1)N1CC2C1CN2c1ncc(C(=O)NO)cn1. The first-order valence-corrected chi connectivity index (χ1v) is 9.46. The maximum absolute atomic E-state index is 11.4. The maximum Gasteiger partial charge on any atom is 0.277 e. The Hall–Kier alpha value is -3.29. The fraction of sp³-hybridized carbons (Fsp3) is 0.227. The number of carbonyl (C=O) groups excluding carboxylic acids is 1. The molecule has 3 heterocycles. The van der Waals surface area contributed by atoms with Gasteiger partial charge in [-0.05, 0) is 11.1 Å². The summed E-state index contributed by atoms with van der Waals surface area (Å²) in [5, 5.41) is 8.70. The molecule has 2 N–H and O–H groups in total. The van der Waals surface area contributed by atoms with E-state index in [-0.39, 0.29) is 11.6 Å². The van der Waals surface area contributed by atoms with Crippen molar-refractivity contribution in [2.75, 3.05) is 18.0 Å². The number of benzene rings is 1. The number of aromatic nitrogens is 2. The number of nitrogens with zero attached hydrogens (tertiary/aromatic N) is 4. The Bertz CT molecular complexity index is 941. The Morgan fingerprint density at radius 1 is 1.17 bits per heavy atom. The molecule has 1 aromatic heterocycles. The molecule has 1 aromatic carbocycles. The van der Waals surface area contributed by atoms with Crippen molar-refractivity contribution in [1.29, 1.82) is 0 Å². The highest BCUT2D eigenvalue weighted by atomic mass is 16.5. The topological polar surface area (TPSA) is 81.6 Å². The van der Waals surface area contributed by atoms with Crippen LogP contribution in [0.4, 0.5) is 5.95 Å². The predicted molar refractivity (Wildman–Crippen MR) is 111 cm³/mol. The number of nitrogens with one attached hydrogen (secondary N) is 1. The van der Waals surface area contributed by atoms with Crippen LogP contribution in [0.25, 0.3) is 0 Å². The highest BCUT2D eigenvalue weighted by molar-refractivity contribution is 5.92. The van der Waals surface area contributed by atoms with Crippen LogP contribution in [0.2, 0.25) is 0 Å². The van der Waals surface area contributed by atoms with E-state index in [2.05, 4.69) is 57.2 Å². The van der Waals surface area contributed by atoms with Crippen molar-refractivity contribution in [3.8, 4) is 0 Å². The molecule has 0 bridgehead atoms. The molecule has 2 aliphatic rings. The minimum absolute atomic E-state index is 0.131. The van der Waals surface area contributed by atoms with Gasteiger partial charge in [0.15, 0.2) is 0 Å². The number of anilines is 1. The monoisotopic (exact) mass is 389 g/mol. The maximum atomic E-state index is 11.4. The normalized spacial score (nSPS) is 22.0. The zero-order valence-electron chi connectivity index (χ0n) is 16.0. The lowest BCUT2D eigenvalue weighted by atomic mass is 9.81. The van der Waals surface area contributed by atoms with Crippen molar-refractivity contribution >= 4 is 11.9 Å². The molecule has 2 aromatic rings. The molecule has 148 valence electrons. The first-order valence-electron chi connectivity index (χ1n) is 9.46. The molecule has 1 amide bonds. The first-order chi connectivity index (χ1) is 14.2. The van der Waals surface area contributed by atoms with Crippen molar-refractivity contribution in [3.63, 3.8) is 0 Å². The summed E-state index contributed by atoms with van der Waals surface area (Å²) in [6, 6.07) is 11.3. The molecule has 0 spiro atoms. The highest BCUT2D eigenvalue weighted by Gasteiger charge is 2.54. The van der Waals surface area contributed by atoms with Crippen molar-refractivity contribution in [2.24, 2.45) is 0 Å². The zero-order valence-corrected chi connectivity index (χ0v) is 16.0. The third kappa shape index (κ3) is 3.35. The summed E-state index contributed by atoms with van der Waals surface area (Å²) in [5.74, 6) is -0.0215. The third-order valence-corrected chi connectivity index (χ3v) is 5.62. The molecule has 3 unspecified atom stereocenters. The van der Waals surface area contributed by atoms with Gasteiger partial charge in [0.1, 0.15) is 0 Å². The van der Waals surface area contributed by atoms with Crippen LogP contribution < -0.4 is 10.4 Å². The Morgan fingerprint density at radius 3 is 2.45 bits per heavy atom. The van der Waals surface area contributed by atoms with Gasteiger partial charge in [-0.1, -0.05) is 61.7 Å². The summed E-state index contributed by atoms with van der Waals surface area (Å²) in [4.78, 5) is 24.6. The van der Waals surface area contributed by atoms with Crippen LogP contribution in [0.15, 0.2) is 79.7 Å². The van der Waals surface area contributed by atoms with Crippen LogP contribution in [0.3, 0.4) is 0 Å². The van der Waals surface area contributed by atoms with Gasteiger partial charge in [-0.2, -0.15) is 0 Å². The van der Waals surface area contributed by atoms with E-state index in [0.717, 1.165) is 18.7 Å². The van der Waals surface area contributed by atoms with Crippen LogP contribution in [-0.4, -0.2) is 51.2 Å². The van der Waals surface area contributed by atoms with Crippen LogP contribution in [-0.2, 0) is 0 Å². The molecular formula is C22H23N5O2. The van der Waals surface area contributed by atoms with E-state index >= 15 is 0 Å². The lowest BCUT2D eigenvalue weighted by Gasteiger charge is -2.64. The molecule has 4 rings (SSSR count). The second kappa shape index (κ2) is 7.98. The van der Waals surface area contributed by atoms with Gasteiger partial charge in [0.2, 0.25) is 5.95 Å². The van der Waals surface area contributed by atoms with Gasteiger partial charge in [-0.15, -0.1) is 0 Å². The lowest BCUT2D eigenvalue weighted by Crippen LogP contribution is -2.79. The molecule has 7 heteroatoms. The number of hydroxylamine groups is 1. The Morgan fingerprint density at radius 2 is 1.90 bits per heavy atom. The fourth-order valence-corrected chi connectivity index (χ4v) is 4.08. The standard InChI is InChI=1S/C22H23N5O2/c1-3-8-15(4-2)20(16-9-6-5-7-10-16)26-13-19-18(26)14-27(19)22-23-11-17(12-24-22)21(28)25-29/h3-12,18-20,29H,1-2,13-14H2,(H,25,28)/b15-8+. The molecule has 0 saturated carbocycles. The Balaban J connectivity index is 1.50. The fourth-order valence-electron chi connectivity index (χ4n) is 4.08. The van der Waals surface area contributed by atoms with Gasteiger partial charge >= 0.3 is 0 Å². The molecule has 2 saturated heterocycles. The number of fused-ring (bicyclic) bond motifs is 1. The summed E-state index contributed by atoms with van der Waals surface area (Å²) in [7, 11) is 0. The quantitative estimate of drug-likeness (QED) is 0.430. The lowest BCUT2D eigenvalue weighted by molar-refractivity contribution is -0.0152. The van der Waals surface area contributed by atoms with E-state index in [4.69, 9.17) is 5.21 Å². The second-order valence-electron chi connectivity index (χ2n) is 7.12. The summed E-state index contributed by atoms with van der Waals surface area (Å²) >= 11 is 0. The number of hydrogen-bond acceptors (Lipinski definition) is 6. The minimum atomic E-state index is -0.621. The van der Waals surface area contributed by atoms with Crippen molar-refractivity contribution in [1.82, 2.24) is 20.3 Å². The molecule has 2 aliphatic heterocycles. The molecule has 7 nitrogen and oxygen atoms in total. The molecule has 2 fully saturated rings. The predicted octanol–water partition coefficient (Wildman–Crippen LogP) is 2.51. The Kier molecular flexibility index (Phi) is 5.24. The number of likely N-dealkylation sites (tertiary alicyclic amines) is 1. The third-order valence-electron chi connectivity index (χ3n) is 5.62. The van der Waals surface area contributed by atoms with Gasteiger partial charge in [-0.3, -0.25) is 14.9 Å². The molecule has 3 atom stereocenters. The molecule has 0 radical (unpaired) electrons. The minimum Gasteiger partial charge on any atom is -0.333 e. The van der Waals surface area contributed by atoms with Crippen molar-refractivity contribution in [2.45, 2.75) is 18.1 Å². The van der Waals surface area contributed by atoms with Crippen LogP contribution >= 0.6 is 0 Å². The summed E-state index contributed by atoms with van der Waals surface area (Å²) in [5.41, 5.74) is 4.16. The van der Waals surface area contributed by atoms with Gasteiger partial charge < -0.3 is 4.90 Å². The van der Waals surface area contributed by atoms with E-state index < -0.39 is 5.91 Å². The molecule has 29 heavy (non-hydrogen) atoms. The van der Waals surface area contributed by atoms with E-state index in [0.29, 0.717) is 18.0 Å². The number of amides is 1. The van der Waals surface area contributed by atoms with Crippen LogP contribution in [0, 0.1) is 0 Å². The number of rotatable bonds is 7. The highest BCUT2D eigenvalue weighted by Crippen LogP contribution is 2.43. The van der Waals surface area contributed by atoms with Crippen molar-refractivity contribution < 1.29 is 10.0 Å². The molecule has 0 aliphatic carbocycles. The van der Waals surface area contributed by atoms with Gasteiger partial charge in [0.05, 0.1) is 17.6 Å². The number of hydrogen-bond donors (Lipinski definition) is 2. The van der Waals surface area contributed by atoms with E-state index in [1.54, 1.807) is 11.6 Å². The number of carbonyl (C=O) groups is 1. The van der Waals surface area contributed by atoms with Crippen LogP contribution in [0.1, 0.15) is 22.0 Å². The Labute approximate surface area is 169 Å². The zero-order chi connectivity index (χ0) is 20.4. The first kappa shape index (κ1) is 19.0. The van der Waals surface area contributed by atoms with Gasteiger partial charge in [0.25, 0.3) is 5.91 Å². The van der Waals surface area contributed by atoms with Crippen LogP contribution in [0.5, 0.6) is 0 Å². The van der Waals surface area contributed by atoms with E-state index in [9.17, 15) is 4.79 Å². The summed E-state index contributed by atoms with van der Waals surface area (Å²) in [6.45, 7) is 9.54.